The highest BCUT2D eigenvalue weighted by atomic mass is 16.5. The number of aromatic nitrogens is 2. The van der Waals surface area contributed by atoms with E-state index in [9.17, 15) is 92.0 Å². The summed E-state index contributed by atoms with van der Waals surface area (Å²) in [5, 5.41) is 64.5. The number of amides is 5. The molecule has 3 aromatic rings. The number of hydrogen-bond donors (Lipinski definition) is 16. The second kappa shape index (κ2) is 74.0. The molecule has 0 fully saturated rings. The summed E-state index contributed by atoms with van der Waals surface area (Å²) in [6.07, 6.45) is 31.9. The Labute approximate surface area is 809 Å². The summed E-state index contributed by atoms with van der Waals surface area (Å²) in [4.78, 5) is 209. The van der Waals surface area contributed by atoms with Crippen LogP contribution in [0.1, 0.15) is 368 Å². The number of carbonyl (C=O) groups is 16. The molecule has 0 bridgehead atoms. The van der Waals surface area contributed by atoms with Gasteiger partial charge in [-0.1, -0.05) is 136 Å². The van der Waals surface area contributed by atoms with Gasteiger partial charge in [0, 0.05) is 114 Å². The third-order valence-electron chi connectivity index (χ3n) is 25.0. The van der Waals surface area contributed by atoms with Gasteiger partial charge in [-0.25, -0.2) is 19.4 Å². The highest BCUT2D eigenvalue weighted by Crippen LogP contribution is 2.26. The number of ketones is 7. The highest BCUT2D eigenvalue weighted by molar-refractivity contribution is 5.93. The van der Waals surface area contributed by atoms with Crippen LogP contribution in [0.4, 0.5) is 0 Å². The fourth-order valence-electron chi connectivity index (χ4n) is 16.1. The minimum Gasteiger partial charge on any atom is -0.494 e. The quantitative estimate of drug-likeness (QED) is 0.0233. The summed E-state index contributed by atoms with van der Waals surface area (Å²) in [6.45, 7) is 4.68. The number of hydrogen-bond acceptors (Lipinski definition) is 25. The van der Waals surface area contributed by atoms with E-state index in [0.29, 0.717) is 185 Å². The van der Waals surface area contributed by atoms with Crippen LogP contribution >= 0.6 is 0 Å². The van der Waals surface area contributed by atoms with Crippen molar-refractivity contribution in [2.45, 2.75) is 384 Å². The molecule has 0 aliphatic carbocycles. The number of nitrogens with one attached hydrogen (secondary N) is 7. The van der Waals surface area contributed by atoms with Gasteiger partial charge in [0.25, 0.3) is 0 Å². The van der Waals surface area contributed by atoms with Crippen LogP contribution in [0.25, 0.3) is 0 Å². The number of carbonyl (C=O) groups excluding carboxylic acids is 12. The molecule has 0 aliphatic rings. The van der Waals surface area contributed by atoms with E-state index in [0.717, 1.165) is 108 Å². The van der Waals surface area contributed by atoms with Gasteiger partial charge in [-0.2, -0.15) is 0 Å². The first-order chi connectivity index (χ1) is 65.7. The topological polar surface area (TPSA) is 598 Å². The molecule has 0 aliphatic heterocycles. The molecule has 35 heteroatoms. The van der Waals surface area contributed by atoms with Crippen molar-refractivity contribution in [1.29, 1.82) is 0 Å². The average Bonchev–Trinajstić information content (AvgIpc) is 1.36. The molecule has 5 amide bonds. The van der Waals surface area contributed by atoms with Crippen molar-refractivity contribution >= 4 is 93.9 Å². The number of unbranched alkanes of at least 4 members (excludes halogenated alkanes) is 24. The number of ether oxygens (including phenoxy) is 2. The number of carboxylic acid groups (broad SMARTS) is 4. The van der Waals surface area contributed by atoms with E-state index in [1.165, 1.54) is 30.6 Å². The van der Waals surface area contributed by atoms with Gasteiger partial charge in [0.2, 0.25) is 29.5 Å². The number of nitrogens with zero attached hydrogens (tertiary/aromatic N) is 1. The lowest BCUT2D eigenvalue weighted by atomic mass is 9.81. The third-order valence-corrected chi connectivity index (χ3v) is 25.0. The number of aromatic carboxylic acids is 2. The minimum absolute atomic E-state index is 0.00479. The van der Waals surface area contributed by atoms with Crippen LogP contribution in [-0.4, -0.2) is 218 Å². The molecule has 2 aromatic carbocycles. The predicted molar refractivity (Wildman–Crippen MR) is 521 cm³/mol. The van der Waals surface area contributed by atoms with Crippen LogP contribution < -0.4 is 64.3 Å². The molecule has 1 aromatic heterocycles. The summed E-state index contributed by atoms with van der Waals surface area (Å²) in [5.41, 5.74) is 25.0. The predicted octanol–water partition coefficient (Wildman–Crippen LogP) is 12.0. The Bertz CT molecular complexity index is 4040. The van der Waals surface area contributed by atoms with Crippen molar-refractivity contribution in [3.05, 3.63) is 77.9 Å². The van der Waals surface area contributed by atoms with Crippen LogP contribution in [0, 0.1) is 17.3 Å². The summed E-state index contributed by atoms with van der Waals surface area (Å²) in [5.74, 6) is -7.74. The van der Waals surface area contributed by atoms with Gasteiger partial charge in [0.05, 0.1) is 73.3 Å². The Morgan fingerprint density at radius 3 is 1.27 bits per heavy atom. The number of aryl methyl sites for hydroxylation is 1. The third kappa shape index (κ3) is 59.1. The maximum Gasteiger partial charge on any atom is 0.335 e. The van der Waals surface area contributed by atoms with E-state index in [1.54, 1.807) is 44.3 Å². The number of imidazole rings is 1. The van der Waals surface area contributed by atoms with Crippen molar-refractivity contribution in [3.8, 4) is 11.5 Å². The number of rotatable bonds is 90. The Morgan fingerprint density at radius 2 is 0.803 bits per heavy atom. The minimum atomic E-state index is -1.20. The van der Waals surface area contributed by atoms with Crippen LogP contribution in [0.5, 0.6) is 11.5 Å². The van der Waals surface area contributed by atoms with Crippen molar-refractivity contribution in [2.24, 2.45) is 40.2 Å². The lowest BCUT2D eigenvalue weighted by Gasteiger charge is -2.25. The van der Waals surface area contributed by atoms with E-state index in [2.05, 4.69) is 41.9 Å². The fourth-order valence-corrected chi connectivity index (χ4v) is 16.1. The zero-order valence-electron chi connectivity index (χ0n) is 81.7. The van der Waals surface area contributed by atoms with E-state index in [-0.39, 0.29) is 178 Å². The number of aromatic amines is 1. The SMILES string of the molecule is CC(C)(CC(=O)CCc1cnc[nH]1)C(=O)CN[C@@H](CCCCNC(=O)[C@@H](N)CCCCNC(=O)[C@@H](N)CCCCCC(=O)CC[C@H](NC(=O)CCCCCCCCCCCOc1ccc(C(=O)O)cc1)C(=O)O)C(=O)CC[C@@H](CCCCNC(=O)[C@@H](N)CCCCCC(=O)[C@@H](N)CCCCNC(=O)CC[C@H](CC(=O)CCCCCCCCCCCOc1ccc(C(=O)O)cc1)C(=O)O)C(=O)CO. The normalized spacial score (nSPS) is 13.2. The number of carboxylic acids is 4. The molecule has 137 heavy (non-hydrogen) atoms. The van der Waals surface area contributed by atoms with Gasteiger partial charge < -0.3 is 94.8 Å². The smallest absolute Gasteiger partial charge is 0.335 e. The fraction of sp³-hybridized carbons (Fsp3) is 0.696. The van der Waals surface area contributed by atoms with Gasteiger partial charge in [-0.05, 0) is 196 Å². The van der Waals surface area contributed by atoms with E-state index in [4.69, 9.17) is 42.6 Å². The first-order valence-corrected chi connectivity index (χ1v) is 50.5. The maximum atomic E-state index is 14.1. The Morgan fingerprint density at radius 1 is 0.380 bits per heavy atom. The molecule has 0 saturated heterocycles. The lowest BCUT2D eigenvalue weighted by molar-refractivity contribution is -0.144. The summed E-state index contributed by atoms with van der Waals surface area (Å²) >= 11 is 0. The maximum absolute atomic E-state index is 14.1. The molecule has 0 saturated carbocycles. The summed E-state index contributed by atoms with van der Waals surface area (Å²) in [6, 6.07) is 7.61. The molecule has 770 valence electrons. The zero-order chi connectivity index (χ0) is 101. The van der Waals surface area contributed by atoms with Crippen LogP contribution in [-0.2, 0) is 73.5 Å². The van der Waals surface area contributed by atoms with Gasteiger partial charge in [-0.3, -0.25) is 62.3 Å². The van der Waals surface area contributed by atoms with Gasteiger partial charge in [0.15, 0.2) is 11.6 Å². The van der Waals surface area contributed by atoms with Gasteiger partial charge in [0.1, 0.15) is 53.1 Å². The number of H-pyrrole nitrogens is 1. The number of nitrogens with two attached hydrogens (primary N) is 4. The van der Waals surface area contributed by atoms with E-state index < -0.39 is 89.8 Å². The molecule has 3 rings (SSSR count). The molecule has 35 nitrogen and oxygen atoms in total. The highest BCUT2D eigenvalue weighted by Gasteiger charge is 2.33. The van der Waals surface area contributed by atoms with Crippen molar-refractivity contribution < 1.29 is 112 Å². The molecular weight excluding hydrogens is 1760 g/mol. The second-order valence-electron chi connectivity index (χ2n) is 37.2. The Balaban J connectivity index is 1.27. The van der Waals surface area contributed by atoms with Crippen LogP contribution in [0.3, 0.4) is 0 Å². The molecule has 0 radical (unpaired) electrons. The molecule has 0 unspecified atom stereocenters. The number of benzene rings is 2. The number of Topliss-reactive ketones (excluding diaryl/α,β-unsaturated/α-hetero) is 7. The largest absolute Gasteiger partial charge is 0.494 e. The number of aliphatic hydroxyl groups excluding tert-OH is 1. The van der Waals surface area contributed by atoms with Crippen molar-refractivity contribution in [3.63, 3.8) is 0 Å². The average molecular weight is 1930 g/mol. The van der Waals surface area contributed by atoms with Crippen molar-refractivity contribution in [1.82, 2.24) is 41.9 Å². The summed E-state index contributed by atoms with van der Waals surface area (Å²) < 4.78 is 11.4. The first kappa shape index (κ1) is 121. The lowest BCUT2D eigenvalue weighted by Crippen LogP contribution is -2.44. The number of aliphatic carboxylic acids is 2. The standard InChI is InChI=1S/C102H164N12O23/c1-102(2,68-80(118)52-51-77-69-107-72-113-77)92(122)70-112-87(42-28-32-64-111-97(127)86(106)41-27-31-63-110-96(126)84(104)39-21-17-20-36-78(116)53-58-88(101(134)135)114-94(124)44-24-14-10-6-4-8-12-16-34-66-137-82-56-47-75(48-57-82)99(130)131)90(120)59-49-73(91(121)71-115)35-25-29-62-109-95(125)85(105)40-22-18-23-43-89(119)83(103)38-26-30-61-108-93(123)60-50-76(100(132)133)67-79(117)37-19-13-9-5-3-7-11-15-33-65-136-81-54-45-74(46-55-81)98(128)129/h45-48,54-57,69,72-73,76,83-88,112,115H,3-44,49-53,58-68,70-71,103-106H2,1-2H3,(H,107,113)(H,108,123)(H,109,125)(H,110,126)(H,111,127)(H,114,124)(H,128,129)(H,130,131)(H,132,133)(H,134,135)/t73-,76-,83+,84+,85+,86+,87+,88+/m1/s1. The van der Waals surface area contributed by atoms with Gasteiger partial charge >= 0.3 is 23.9 Å². The van der Waals surface area contributed by atoms with Crippen LogP contribution in [0.2, 0.25) is 0 Å². The van der Waals surface area contributed by atoms with E-state index in [1.807, 2.05) is 0 Å². The monoisotopic (exact) mass is 1930 g/mol. The van der Waals surface area contributed by atoms with Gasteiger partial charge in [-0.15, -0.1) is 0 Å². The molecule has 20 N–H and O–H groups in total. The zero-order valence-corrected chi connectivity index (χ0v) is 81.7. The number of aliphatic hydroxyl groups is 1. The van der Waals surface area contributed by atoms with E-state index >= 15 is 0 Å². The molecule has 1 heterocycles. The van der Waals surface area contributed by atoms with Crippen molar-refractivity contribution in [2.75, 3.05) is 52.5 Å². The molecule has 0 spiro atoms. The molecular formula is C102H164N12O23. The summed E-state index contributed by atoms with van der Waals surface area (Å²) in [7, 11) is 0. The Kier molecular flexibility index (Phi) is 65.4. The Hall–Kier alpha value is -10.1. The second-order valence-corrected chi connectivity index (χ2v) is 37.2. The first-order valence-electron chi connectivity index (χ1n) is 50.5. The van der Waals surface area contributed by atoms with Crippen LogP contribution in [0.15, 0.2) is 61.1 Å². The molecule has 8 atom stereocenters.